The second-order valence-corrected chi connectivity index (χ2v) is 7.64. The van der Waals surface area contributed by atoms with E-state index in [2.05, 4.69) is 45.2 Å². The molecule has 0 aliphatic rings. The first-order valence-electron chi connectivity index (χ1n) is 12.7. The van der Waals surface area contributed by atoms with Gasteiger partial charge in [0.15, 0.2) is 22.9 Å². The molecule has 4 aromatic rings. The van der Waals surface area contributed by atoms with E-state index in [1.165, 1.54) is 25.3 Å². The summed E-state index contributed by atoms with van der Waals surface area (Å²) in [5.74, 6) is -3.30. The SMILES string of the molecule is CC(=O)O.CC(=O)O.CC(=O)O.CC(=O)O.CC(=O)O.NCCNCCN.Nc1ncnc2nc[nH]c12.Nc1ncnc2nc[nH]c12. The zero-order valence-corrected chi connectivity index (χ0v) is 26.4. The Labute approximate surface area is 267 Å². The second-order valence-electron chi connectivity index (χ2n) is 7.64. The number of nitrogens with two attached hydrogens (primary N) is 4. The van der Waals surface area contributed by atoms with Gasteiger partial charge in [0, 0.05) is 60.8 Å². The molecule has 0 radical (unpaired) electrons. The molecule has 0 fully saturated rings. The number of nitrogens with zero attached hydrogens (tertiary/aromatic N) is 6. The molecule has 4 aromatic heterocycles. The van der Waals surface area contributed by atoms with Crippen molar-refractivity contribution in [2.24, 2.45) is 11.5 Å². The average Bonchev–Trinajstić information content (AvgIpc) is 3.60. The minimum absolute atomic E-state index is 0.433. The van der Waals surface area contributed by atoms with Gasteiger partial charge in [-0.3, -0.25) is 24.0 Å². The Bertz CT molecular complexity index is 1270. The van der Waals surface area contributed by atoms with E-state index in [1.807, 2.05) is 0 Å². The number of aliphatic carboxylic acids is 5. The number of hydrogen-bond donors (Lipinski definition) is 12. The number of aromatic nitrogens is 8. The fourth-order valence-corrected chi connectivity index (χ4v) is 1.90. The first kappa shape index (κ1) is 47.8. The van der Waals surface area contributed by atoms with Crippen LogP contribution < -0.4 is 28.3 Å². The van der Waals surface area contributed by atoms with E-state index in [1.54, 1.807) is 0 Å². The minimum atomic E-state index is -0.833. The Morgan fingerprint density at radius 3 is 1.04 bits per heavy atom. The van der Waals surface area contributed by atoms with E-state index >= 15 is 0 Å². The van der Waals surface area contributed by atoms with Crippen molar-refractivity contribution in [1.82, 2.24) is 45.2 Å². The number of fused-ring (bicyclic) bond motifs is 2. The van der Waals surface area contributed by atoms with Crippen LogP contribution in [0.25, 0.3) is 22.3 Å². The van der Waals surface area contributed by atoms with Gasteiger partial charge in [-0.2, -0.15) is 0 Å². The molecular weight excluding hydrogens is 630 g/mol. The summed E-state index contributed by atoms with van der Waals surface area (Å²) in [5, 5.41) is 40.1. The predicted octanol–water partition coefficient (Wildman–Crippen LogP) is -1.18. The lowest BCUT2D eigenvalue weighted by Crippen LogP contribution is -2.27. The highest BCUT2D eigenvalue weighted by molar-refractivity contribution is 5.80. The number of carboxylic acids is 5. The molecule has 0 saturated heterocycles. The van der Waals surface area contributed by atoms with Crippen LogP contribution in [-0.2, 0) is 24.0 Å². The summed E-state index contributed by atoms with van der Waals surface area (Å²) in [5.41, 5.74) is 23.9. The molecule has 0 spiro atoms. The molecule has 23 heteroatoms. The van der Waals surface area contributed by atoms with Crippen molar-refractivity contribution in [1.29, 1.82) is 0 Å². The first-order valence-corrected chi connectivity index (χ1v) is 12.7. The van der Waals surface area contributed by atoms with Crippen molar-refractivity contribution in [3.05, 3.63) is 25.3 Å². The third-order valence-corrected chi connectivity index (χ3v) is 3.15. The quantitative estimate of drug-likeness (QED) is 0.113. The lowest BCUT2D eigenvalue weighted by Gasteiger charge is -1.95. The van der Waals surface area contributed by atoms with Crippen LogP contribution in [0, 0.1) is 0 Å². The van der Waals surface area contributed by atoms with Gasteiger partial charge in [0.2, 0.25) is 0 Å². The highest BCUT2D eigenvalue weighted by Crippen LogP contribution is 2.09. The largest absolute Gasteiger partial charge is 0.481 e. The number of H-pyrrole nitrogens is 2. The number of hydrogen-bond acceptors (Lipinski definition) is 16. The molecule has 0 aliphatic heterocycles. The fourth-order valence-electron chi connectivity index (χ4n) is 1.90. The molecule has 47 heavy (non-hydrogen) atoms. The van der Waals surface area contributed by atoms with Gasteiger partial charge >= 0.3 is 0 Å². The van der Waals surface area contributed by atoms with Crippen molar-refractivity contribution >= 4 is 63.8 Å². The smallest absolute Gasteiger partial charge is 0.300 e. The van der Waals surface area contributed by atoms with Gasteiger partial charge < -0.3 is 63.8 Å². The summed E-state index contributed by atoms with van der Waals surface area (Å²) in [6.07, 6.45) is 5.85. The number of nitrogens with one attached hydrogen (secondary N) is 3. The van der Waals surface area contributed by atoms with Crippen molar-refractivity contribution < 1.29 is 49.5 Å². The van der Waals surface area contributed by atoms with Crippen LogP contribution >= 0.6 is 0 Å². The molecule has 0 aliphatic carbocycles. The van der Waals surface area contributed by atoms with Gasteiger partial charge in [-0.25, -0.2) is 29.9 Å². The molecule has 4 rings (SSSR count). The van der Waals surface area contributed by atoms with E-state index < -0.39 is 29.8 Å². The van der Waals surface area contributed by atoms with Crippen molar-refractivity contribution in [2.75, 3.05) is 37.6 Å². The number of carboxylic acid groups (broad SMARTS) is 5. The number of imidazole rings is 2. The van der Waals surface area contributed by atoms with Gasteiger partial charge in [0.25, 0.3) is 29.8 Å². The van der Waals surface area contributed by atoms with Gasteiger partial charge in [0.05, 0.1) is 12.7 Å². The van der Waals surface area contributed by atoms with Crippen molar-refractivity contribution in [3.63, 3.8) is 0 Å². The molecule has 0 unspecified atom stereocenters. The predicted molar refractivity (Wildman–Crippen MR) is 170 cm³/mol. The molecule has 23 nitrogen and oxygen atoms in total. The van der Waals surface area contributed by atoms with E-state index in [0.717, 1.165) is 47.7 Å². The second kappa shape index (κ2) is 31.4. The van der Waals surface area contributed by atoms with Crippen LogP contribution in [0.5, 0.6) is 0 Å². The monoisotopic (exact) mass is 673 g/mol. The number of carbonyl (C=O) groups is 5. The Morgan fingerprint density at radius 1 is 0.574 bits per heavy atom. The molecule has 0 aromatic carbocycles. The summed E-state index contributed by atoms with van der Waals surface area (Å²) in [4.78, 5) is 73.7. The number of rotatable bonds is 4. The van der Waals surface area contributed by atoms with Gasteiger partial charge in [0.1, 0.15) is 23.7 Å². The normalized spacial score (nSPS) is 8.49. The van der Waals surface area contributed by atoms with Gasteiger partial charge in [-0.05, 0) is 0 Å². The van der Waals surface area contributed by atoms with Gasteiger partial charge in [-0.1, -0.05) is 0 Å². The van der Waals surface area contributed by atoms with Gasteiger partial charge in [-0.15, -0.1) is 0 Å². The highest BCUT2D eigenvalue weighted by Gasteiger charge is 2.00. The third-order valence-electron chi connectivity index (χ3n) is 3.15. The standard InChI is InChI=1S/2C5H5N5.C4H13N3.5C2H4O2/c2*6-4-3-5(9-1-7-3)10-2-8-4;5-1-3-7-4-2-6;5*1-2(3)4/h2*1-2H,(H3,6,7,8,9,10);7H,1-6H2;5*1H3,(H,3,4). The van der Waals surface area contributed by atoms with E-state index in [-0.39, 0.29) is 0 Å². The minimum Gasteiger partial charge on any atom is -0.481 e. The molecule has 4 heterocycles. The molecule has 0 saturated carbocycles. The zero-order valence-electron chi connectivity index (χ0n) is 26.4. The molecule has 0 atom stereocenters. The van der Waals surface area contributed by atoms with Crippen LogP contribution in [-0.4, -0.2) is 121 Å². The van der Waals surface area contributed by atoms with Crippen LogP contribution in [0.1, 0.15) is 34.6 Å². The lowest BCUT2D eigenvalue weighted by atomic mass is 10.5. The summed E-state index contributed by atoms with van der Waals surface area (Å²) in [7, 11) is 0. The van der Waals surface area contributed by atoms with Crippen LogP contribution in [0.3, 0.4) is 0 Å². The maximum absolute atomic E-state index is 9.00. The van der Waals surface area contributed by atoms with Crippen LogP contribution in [0.2, 0.25) is 0 Å². The lowest BCUT2D eigenvalue weighted by molar-refractivity contribution is -0.135. The third kappa shape index (κ3) is 39.9. The van der Waals surface area contributed by atoms with E-state index in [9.17, 15) is 0 Å². The Morgan fingerprint density at radius 2 is 0.830 bits per heavy atom. The number of nitrogen functional groups attached to an aromatic ring is 2. The highest BCUT2D eigenvalue weighted by atomic mass is 16.4. The Kier molecular flexibility index (Phi) is 31.9. The molecular formula is C24H43N13O10. The Hall–Kier alpha value is -6.07. The fraction of sp³-hybridized carbons (Fsp3) is 0.375. The van der Waals surface area contributed by atoms with Crippen molar-refractivity contribution in [3.8, 4) is 0 Å². The molecule has 0 bridgehead atoms. The topological polar surface area (TPSA) is 412 Å². The van der Waals surface area contributed by atoms with Crippen LogP contribution in [0.15, 0.2) is 25.3 Å². The van der Waals surface area contributed by atoms with Crippen LogP contribution in [0.4, 0.5) is 11.6 Å². The van der Waals surface area contributed by atoms with Crippen molar-refractivity contribution in [2.45, 2.75) is 34.6 Å². The molecule has 0 amide bonds. The summed E-state index contributed by atoms with van der Waals surface area (Å²) in [6, 6.07) is 0. The summed E-state index contributed by atoms with van der Waals surface area (Å²) >= 11 is 0. The summed E-state index contributed by atoms with van der Waals surface area (Å²) < 4.78 is 0. The maximum Gasteiger partial charge on any atom is 0.300 e. The number of anilines is 2. The average molecular weight is 674 g/mol. The summed E-state index contributed by atoms with van der Waals surface area (Å²) in [6.45, 7) is 8.55. The molecule has 264 valence electrons. The zero-order chi connectivity index (χ0) is 37.4. The first-order chi connectivity index (χ1) is 21.8. The Balaban J connectivity index is -0.000000235. The number of aromatic amines is 2. The maximum atomic E-state index is 9.00. The van der Waals surface area contributed by atoms with E-state index in [4.69, 9.17) is 72.4 Å². The molecule has 16 N–H and O–H groups in total. The van der Waals surface area contributed by atoms with E-state index in [0.29, 0.717) is 47.1 Å².